The molecule has 6 heteroatoms. The fourth-order valence-corrected chi connectivity index (χ4v) is 4.25. The molecule has 1 aromatic heterocycles. The van der Waals surface area contributed by atoms with Crippen LogP contribution in [0, 0.1) is 0 Å². The van der Waals surface area contributed by atoms with Crippen LogP contribution in [0.5, 0.6) is 0 Å². The molecule has 0 radical (unpaired) electrons. The Kier molecular flexibility index (Phi) is 3.80. The monoisotopic (exact) mass is 310 g/mol. The van der Waals surface area contributed by atoms with Crippen LogP contribution in [0.1, 0.15) is 60.1 Å². The molecule has 5 nitrogen and oxygen atoms in total. The normalized spacial score (nSPS) is 26.8. The quantitative estimate of drug-likeness (QED) is 0.910. The van der Waals surface area contributed by atoms with Gasteiger partial charge >= 0.3 is 5.97 Å². The molecule has 2 fully saturated rings. The highest BCUT2D eigenvalue weighted by atomic mass is 32.1. The van der Waals surface area contributed by atoms with Crippen molar-refractivity contribution < 1.29 is 14.6 Å². The fraction of sp³-hybridized carbons (Fsp3) is 0.733. The van der Waals surface area contributed by atoms with Crippen LogP contribution >= 0.6 is 11.3 Å². The Balaban J connectivity index is 1.87. The Bertz CT molecular complexity index is 550. The zero-order valence-corrected chi connectivity index (χ0v) is 13.6. The number of carboxylic acids is 1. The molecule has 2 saturated heterocycles. The molecule has 1 aromatic rings. The van der Waals surface area contributed by atoms with Crippen molar-refractivity contribution in [3.05, 3.63) is 15.6 Å². The van der Waals surface area contributed by atoms with E-state index in [0.29, 0.717) is 16.6 Å². The minimum absolute atomic E-state index is 0.0847. The molecular weight excluding hydrogens is 288 g/mol. The maximum absolute atomic E-state index is 11.5. The summed E-state index contributed by atoms with van der Waals surface area (Å²) in [5, 5.41) is 10.2. The van der Waals surface area contributed by atoms with E-state index in [4.69, 9.17) is 4.74 Å². The van der Waals surface area contributed by atoms with E-state index in [9.17, 15) is 9.90 Å². The standard InChI is InChI=1S/C15H22N2O3S/c1-15(2,3)12-11(14(18)19)21-13(16-12)10-7-17-6-4-5-9(17)8-20-10/h9-10H,4-8H2,1-3H3,(H,18,19). The van der Waals surface area contributed by atoms with Gasteiger partial charge in [0.1, 0.15) is 16.0 Å². The molecule has 2 aliphatic rings. The number of rotatable bonds is 2. The lowest BCUT2D eigenvalue weighted by Crippen LogP contribution is -2.42. The number of nitrogens with zero attached hydrogens (tertiary/aromatic N) is 2. The Hall–Kier alpha value is -0.980. The summed E-state index contributed by atoms with van der Waals surface area (Å²) in [7, 11) is 0. The predicted molar refractivity (Wildman–Crippen MR) is 81.1 cm³/mol. The number of carbonyl (C=O) groups is 1. The second-order valence-corrected chi connectivity index (χ2v) is 7.93. The number of morpholine rings is 1. The summed E-state index contributed by atoms with van der Waals surface area (Å²) in [4.78, 5) is 18.9. The van der Waals surface area contributed by atoms with Crippen LogP contribution < -0.4 is 0 Å². The van der Waals surface area contributed by atoms with Crippen LogP contribution in [-0.4, -0.2) is 46.7 Å². The summed E-state index contributed by atoms with van der Waals surface area (Å²) in [6.07, 6.45) is 2.35. The van der Waals surface area contributed by atoms with Gasteiger partial charge in [-0.1, -0.05) is 20.8 Å². The Morgan fingerprint density at radius 1 is 1.48 bits per heavy atom. The first-order chi connectivity index (χ1) is 9.86. The van der Waals surface area contributed by atoms with Crippen molar-refractivity contribution in [3.63, 3.8) is 0 Å². The molecule has 21 heavy (non-hydrogen) atoms. The third-order valence-electron chi connectivity index (χ3n) is 4.21. The molecule has 3 rings (SSSR count). The first-order valence-corrected chi connectivity index (χ1v) is 8.28. The summed E-state index contributed by atoms with van der Waals surface area (Å²) < 4.78 is 5.95. The number of thiazole rings is 1. The largest absolute Gasteiger partial charge is 0.477 e. The number of fused-ring (bicyclic) bond motifs is 1. The summed E-state index contributed by atoms with van der Waals surface area (Å²) in [5.41, 5.74) is 0.398. The summed E-state index contributed by atoms with van der Waals surface area (Å²) in [6, 6.07) is 0.544. The van der Waals surface area contributed by atoms with E-state index in [-0.39, 0.29) is 11.5 Å². The van der Waals surface area contributed by atoms with Crippen LogP contribution in [0.15, 0.2) is 0 Å². The average Bonchev–Trinajstić information content (AvgIpc) is 3.03. The van der Waals surface area contributed by atoms with Gasteiger partial charge in [0.2, 0.25) is 0 Å². The molecule has 3 heterocycles. The Morgan fingerprint density at radius 2 is 2.24 bits per heavy atom. The fourth-order valence-electron chi connectivity index (χ4n) is 3.09. The molecule has 2 atom stereocenters. The molecule has 116 valence electrons. The second kappa shape index (κ2) is 5.34. The van der Waals surface area contributed by atoms with Gasteiger partial charge in [0.15, 0.2) is 0 Å². The number of carboxylic acid groups (broad SMARTS) is 1. The minimum Gasteiger partial charge on any atom is -0.477 e. The third kappa shape index (κ3) is 2.84. The summed E-state index contributed by atoms with van der Waals surface area (Å²) >= 11 is 1.27. The van der Waals surface area contributed by atoms with Gasteiger partial charge < -0.3 is 9.84 Å². The molecular formula is C15H22N2O3S. The molecule has 0 spiro atoms. The van der Waals surface area contributed by atoms with Gasteiger partial charge in [-0.3, -0.25) is 4.90 Å². The zero-order valence-electron chi connectivity index (χ0n) is 12.8. The number of hydrogen-bond donors (Lipinski definition) is 1. The van der Waals surface area contributed by atoms with E-state index in [2.05, 4.69) is 9.88 Å². The van der Waals surface area contributed by atoms with Gasteiger partial charge in [-0.15, -0.1) is 11.3 Å². The lowest BCUT2D eigenvalue weighted by molar-refractivity contribution is -0.0503. The lowest BCUT2D eigenvalue weighted by atomic mass is 9.91. The van der Waals surface area contributed by atoms with Crippen molar-refractivity contribution in [2.24, 2.45) is 0 Å². The zero-order chi connectivity index (χ0) is 15.2. The molecule has 2 unspecified atom stereocenters. The van der Waals surface area contributed by atoms with Gasteiger partial charge in [0.25, 0.3) is 0 Å². The molecule has 1 N–H and O–H groups in total. The highest BCUT2D eigenvalue weighted by Crippen LogP contribution is 2.36. The van der Waals surface area contributed by atoms with E-state index in [1.54, 1.807) is 0 Å². The second-order valence-electron chi connectivity index (χ2n) is 6.90. The summed E-state index contributed by atoms with van der Waals surface area (Å²) in [5.74, 6) is -0.890. The van der Waals surface area contributed by atoms with Gasteiger partial charge in [0, 0.05) is 18.0 Å². The highest BCUT2D eigenvalue weighted by Gasteiger charge is 2.36. The van der Waals surface area contributed by atoms with E-state index in [1.807, 2.05) is 20.8 Å². The number of ether oxygens (including phenoxy) is 1. The van der Waals surface area contributed by atoms with Crippen LogP contribution in [-0.2, 0) is 10.2 Å². The molecule has 0 bridgehead atoms. The van der Waals surface area contributed by atoms with Crippen LogP contribution in [0.2, 0.25) is 0 Å². The lowest BCUT2D eigenvalue weighted by Gasteiger charge is -2.34. The van der Waals surface area contributed by atoms with Crippen molar-refractivity contribution in [2.75, 3.05) is 19.7 Å². The topological polar surface area (TPSA) is 62.7 Å². The van der Waals surface area contributed by atoms with Crippen molar-refractivity contribution in [1.82, 2.24) is 9.88 Å². The smallest absolute Gasteiger partial charge is 0.347 e. The Labute approximate surface area is 128 Å². The SMILES string of the molecule is CC(C)(C)c1nc(C2CN3CCCC3CO2)sc1C(=O)O. The van der Waals surface area contributed by atoms with Crippen molar-refractivity contribution in [2.45, 2.75) is 51.2 Å². The third-order valence-corrected chi connectivity index (χ3v) is 5.35. The number of hydrogen-bond acceptors (Lipinski definition) is 5. The van der Waals surface area contributed by atoms with Gasteiger partial charge in [-0.2, -0.15) is 0 Å². The maximum atomic E-state index is 11.5. The van der Waals surface area contributed by atoms with E-state index >= 15 is 0 Å². The van der Waals surface area contributed by atoms with Gasteiger partial charge in [-0.05, 0) is 19.4 Å². The van der Waals surface area contributed by atoms with Crippen molar-refractivity contribution in [3.8, 4) is 0 Å². The van der Waals surface area contributed by atoms with Gasteiger partial charge in [-0.25, -0.2) is 9.78 Å². The number of aromatic carboxylic acids is 1. The van der Waals surface area contributed by atoms with Crippen molar-refractivity contribution >= 4 is 17.3 Å². The van der Waals surface area contributed by atoms with E-state index in [1.165, 1.54) is 24.2 Å². The van der Waals surface area contributed by atoms with Crippen LogP contribution in [0.25, 0.3) is 0 Å². The minimum atomic E-state index is -0.890. The molecule has 0 saturated carbocycles. The predicted octanol–water partition coefficient (Wildman–Crippen LogP) is 2.67. The molecule has 0 amide bonds. The summed E-state index contributed by atoms with van der Waals surface area (Å²) in [6.45, 7) is 8.68. The first kappa shape index (κ1) is 14.9. The average molecular weight is 310 g/mol. The van der Waals surface area contributed by atoms with Crippen LogP contribution in [0.3, 0.4) is 0 Å². The first-order valence-electron chi connectivity index (χ1n) is 7.46. The number of aromatic nitrogens is 1. The molecule has 0 aliphatic carbocycles. The maximum Gasteiger partial charge on any atom is 0.347 e. The molecule has 0 aromatic carbocycles. The highest BCUT2D eigenvalue weighted by molar-refractivity contribution is 7.13. The molecule has 2 aliphatic heterocycles. The van der Waals surface area contributed by atoms with Gasteiger partial charge in [0.05, 0.1) is 12.3 Å². The van der Waals surface area contributed by atoms with E-state index < -0.39 is 5.97 Å². The van der Waals surface area contributed by atoms with Crippen LogP contribution in [0.4, 0.5) is 0 Å². The van der Waals surface area contributed by atoms with Crippen molar-refractivity contribution in [1.29, 1.82) is 0 Å². The Morgan fingerprint density at radius 3 is 2.86 bits per heavy atom. The van der Waals surface area contributed by atoms with E-state index in [0.717, 1.165) is 24.7 Å².